The van der Waals surface area contributed by atoms with E-state index in [0.29, 0.717) is 10.6 Å². The quantitative estimate of drug-likeness (QED) is 0.389. The standard InChI is InChI=1S/C19H9F3N4OS2/c20-19(21,22)11-9-12(13-7-4-8-28-13)23-17-14(11)15-16(29-17)18(27)26(25-24-15)10-5-2-1-3-6-10/h1-9H. The van der Waals surface area contributed by atoms with Crippen molar-refractivity contribution in [2.45, 2.75) is 6.18 Å². The molecule has 0 spiro atoms. The molecule has 0 fully saturated rings. The van der Waals surface area contributed by atoms with Crippen molar-refractivity contribution in [2.24, 2.45) is 0 Å². The van der Waals surface area contributed by atoms with E-state index < -0.39 is 17.3 Å². The van der Waals surface area contributed by atoms with Crippen LogP contribution in [0.4, 0.5) is 13.2 Å². The molecule has 0 N–H and O–H groups in total. The van der Waals surface area contributed by atoms with E-state index in [0.717, 1.165) is 22.1 Å². The average Bonchev–Trinajstić information content (AvgIpc) is 3.36. The first-order chi connectivity index (χ1) is 13.9. The van der Waals surface area contributed by atoms with Crippen molar-refractivity contribution in [3.63, 3.8) is 0 Å². The predicted molar refractivity (Wildman–Crippen MR) is 107 cm³/mol. The molecule has 144 valence electrons. The molecule has 0 saturated heterocycles. The van der Waals surface area contributed by atoms with Gasteiger partial charge in [-0.3, -0.25) is 4.79 Å². The highest BCUT2D eigenvalue weighted by atomic mass is 32.1. The summed E-state index contributed by atoms with van der Waals surface area (Å²) in [4.78, 5) is 18.0. The van der Waals surface area contributed by atoms with Crippen molar-refractivity contribution in [2.75, 3.05) is 0 Å². The second-order valence-electron chi connectivity index (χ2n) is 6.13. The van der Waals surface area contributed by atoms with Crippen LogP contribution in [0.1, 0.15) is 5.56 Å². The molecule has 0 amide bonds. The molecule has 0 atom stereocenters. The van der Waals surface area contributed by atoms with E-state index in [-0.39, 0.29) is 26.1 Å². The van der Waals surface area contributed by atoms with E-state index in [9.17, 15) is 18.0 Å². The zero-order chi connectivity index (χ0) is 20.2. The molecule has 29 heavy (non-hydrogen) atoms. The van der Waals surface area contributed by atoms with E-state index >= 15 is 0 Å². The Balaban J connectivity index is 1.86. The molecule has 0 aliphatic rings. The van der Waals surface area contributed by atoms with Gasteiger partial charge >= 0.3 is 6.18 Å². The molecule has 0 aliphatic heterocycles. The van der Waals surface area contributed by atoms with Crippen molar-refractivity contribution in [1.82, 2.24) is 20.0 Å². The lowest BCUT2D eigenvalue weighted by Gasteiger charge is -2.10. The van der Waals surface area contributed by atoms with Gasteiger partial charge in [-0.1, -0.05) is 29.5 Å². The molecular formula is C19H9F3N4OS2. The molecule has 5 nitrogen and oxygen atoms in total. The number of hydrogen-bond donors (Lipinski definition) is 0. The van der Waals surface area contributed by atoms with Crippen LogP contribution < -0.4 is 5.56 Å². The monoisotopic (exact) mass is 430 g/mol. The van der Waals surface area contributed by atoms with E-state index in [1.54, 1.807) is 47.8 Å². The summed E-state index contributed by atoms with van der Waals surface area (Å²) in [5, 5.41) is 9.40. The maximum absolute atomic E-state index is 13.8. The van der Waals surface area contributed by atoms with Crippen molar-refractivity contribution in [1.29, 1.82) is 0 Å². The molecule has 4 heterocycles. The Labute approximate surface area is 168 Å². The Morgan fingerprint density at radius 2 is 1.83 bits per heavy atom. The molecule has 4 aromatic heterocycles. The van der Waals surface area contributed by atoms with Gasteiger partial charge in [-0.25, -0.2) is 4.98 Å². The van der Waals surface area contributed by atoms with Crippen LogP contribution in [-0.2, 0) is 6.18 Å². The third-order valence-electron chi connectivity index (χ3n) is 4.34. The van der Waals surface area contributed by atoms with Gasteiger partial charge in [0.05, 0.1) is 27.2 Å². The van der Waals surface area contributed by atoms with E-state index in [1.807, 2.05) is 0 Å². The fourth-order valence-corrected chi connectivity index (χ4v) is 4.81. The topological polar surface area (TPSA) is 60.7 Å². The first-order valence-corrected chi connectivity index (χ1v) is 10.0. The summed E-state index contributed by atoms with van der Waals surface area (Å²) < 4.78 is 42.7. The molecule has 5 aromatic rings. The van der Waals surface area contributed by atoms with Gasteiger partial charge in [0.2, 0.25) is 0 Å². The number of rotatable bonds is 2. The number of para-hydroxylation sites is 1. The van der Waals surface area contributed by atoms with Crippen molar-refractivity contribution in [3.8, 4) is 16.3 Å². The van der Waals surface area contributed by atoms with E-state index in [4.69, 9.17) is 0 Å². The molecule has 1 aromatic carbocycles. The van der Waals surface area contributed by atoms with Gasteiger partial charge in [-0.15, -0.1) is 27.8 Å². The van der Waals surface area contributed by atoms with Crippen LogP contribution in [0.5, 0.6) is 0 Å². The summed E-state index contributed by atoms with van der Waals surface area (Å²) in [6.07, 6.45) is -4.63. The largest absolute Gasteiger partial charge is 0.417 e. The van der Waals surface area contributed by atoms with Gasteiger partial charge in [0.1, 0.15) is 15.0 Å². The number of alkyl halides is 3. The van der Waals surface area contributed by atoms with Crippen LogP contribution in [0, 0.1) is 0 Å². The molecule has 0 aliphatic carbocycles. The van der Waals surface area contributed by atoms with Crippen LogP contribution in [-0.4, -0.2) is 20.0 Å². The molecule has 0 unspecified atom stereocenters. The number of nitrogens with zero attached hydrogens (tertiary/aromatic N) is 4. The number of hydrogen-bond acceptors (Lipinski definition) is 6. The maximum Gasteiger partial charge on any atom is 0.417 e. The lowest BCUT2D eigenvalue weighted by Crippen LogP contribution is -2.21. The minimum atomic E-state index is -4.63. The molecule has 0 radical (unpaired) electrons. The number of benzene rings is 1. The van der Waals surface area contributed by atoms with Crippen LogP contribution in [0.3, 0.4) is 0 Å². The van der Waals surface area contributed by atoms with Gasteiger partial charge in [-0.2, -0.15) is 17.9 Å². The number of halogens is 3. The SMILES string of the molecule is O=c1c2sc3nc(-c4cccs4)cc(C(F)(F)F)c3c2nnn1-c1ccccc1. The predicted octanol–water partition coefficient (Wildman–Crippen LogP) is 5.14. The van der Waals surface area contributed by atoms with Crippen molar-refractivity contribution >= 4 is 43.1 Å². The summed E-state index contributed by atoms with van der Waals surface area (Å²) in [5.41, 5.74) is -0.798. The molecule has 10 heteroatoms. The minimum Gasteiger partial charge on any atom is -0.266 e. The normalized spacial score (nSPS) is 12.1. The second kappa shape index (κ2) is 6.46. The Morgan fingerprint density at radius 3 is 2.52 bits per heavy atom. The van der Waals surface area contributed by atoms with Gasteiger partial charge in [0.25, 0.3) is 5.56 Å². The second-order valence-corrected chi connectivity index (χ2v) is 8.08. The Morgan fingerprint density at radius 1 is 1.03 bits per heavy atom. The lowest BCUT2D eigenvalue weighted by molar-refractivity contribution is -0.136. The van der Waals surface area contributed by atoms with Crippen molar-refractivity contribution < 1.29 is 13.2 Å². The fourth-order valence-electron chi connectivity index (χ4n) is 3.06. The molecule has 0 bridgehead atoms. The smallest absolute Gasteiger partial charge is 0.266 e. The van der Waals surface area contributed by atoms with Gasteiger partial charge in [0.15, 0.2) is 0 Å². The van der Waals surface area contributed by atoms with E-state index in [2.05, 4.69) is 15.3 Å². The van der Waals surface area contributed by atoms with Crippen LogP contribution >= 0.6 is 22.7 Å². The highest BCUT2D eigenvalue weighted by molar-refractivity contribution is 7.25. The Bertz CT molecular complexity index is 1410. The number of fused-ring (bicyclic) bond motifs is 3. The highest BCUT2D eigenvalue weighted by Crippen LogP contribution is 2.42. The van der Waals surface area contributed by atoms with Crippen molar-refractivity contribution in [3.05, 3.63) is 69.8 Å². The third-order valence-corrected chi connectivity index (χ3v) is 6.29. The van der Waals surface area contributed by atoms with Crippen LogP contribution in [0.25, 0.3) is 36.7 Å². The molecule has 5 rings (SSSR count). The minimum absolute atomic E-state index is 0.0835. The summed E-state index contributed by atoms with van der Waals surface area (Å²) in [5.74, 6) is 0. The van der Waals surface area contributed by atoms with Gasteiger partial charge in [0, 0.05) is 0 Å². The summed E-state index contributed by atoms with van der Waals surface area (Å²) in [6, 6.07) is 13.0. The van der Waals surface area contributed by atoms with Crippen LogP contribution in [0.2, 0.25) is 0 Å². The zero-order valence-electron chi connectivity index (χ0n) is 14.3. The van der Waals surface area contributed by atoms with Gasteiger partial charge in [-0.05, 0) is 29.6 Å². The van der Waals surface area contributed by atoms with Crippen LogP contribution in [0.15, 0.2) is 58.7 Å². The number of aromatic nitrogens is 4. The van der Waals surface area contributed by atoms with E-state index in [1.165, 1.54) is 11.3 Å². The summed E-state index contributed by atoms with van der Waals surface area (Å²) in [7, 11) is 0. The lowest BCUT2D eigenvalue weighted by atomic mass is 10.1. The zero-order valence-corrected chi connectivity index (χ0v) is 16.0. The Kier molecular flexibility index (Phi) is 4.00. The first-order valence-electron chi connectivity index (χ1n) is 8.33. The summed E-state index contributed by atoms with van der Waals surface area (Å²) in [6.45, 7) is 0. The van der Waals surface area contributed by atoms with Gasteiger partial charge < -0.3 is 0 Å². The fraction of sp³-hybridized carbons (Fsp3) is 0.0526. The average molecular weight is 430 g/mol. The maximum atomic E-state index is 13.8. The third kappa shape index (κ3) is 2.91. The number of pyridine rings is 1. The first kappa shape index (κ1) is 18.0. The summed E-state index contributed by atoms with van der Waals surface area (Å²) >= 11 is 2.19. The molecule has 0 saturated carbocycles. The Hall–Kier alpha value is -3.11. The number of thiophene rings is 2. The highest BCUT2D eigenvalue weighted by Gasteiger charge is 2.36. The molecular weight excluding hydrogens is 421 g/mol.